The van der Waals surface area contributed by atoms with Gasteiger partial charge in [-0.15, -0.1) is 0 Å². The van der Waals surface area contributed by atoms with Crippen molar-refractivity contribution < 1.29 is 4.39 Å². The fourth-order valence-corrected chi connectivity index (χ4v) is 2.82. The predicted molar refractivity (Wildman–Crippen MR) is 77.0 cm³/mol. The number of nitrogens with two attached hydrogens (primary N) is 1. The Hall–Kier alpha value is -1.48. The Bertz CT molecular complexity index is 540. The van der Waals surface area contributed by atoms with Gasteiger partial charge in [0.15, 0.2) is 0 Å². The van der Waals surface area contributed by atoms with Crippen LogP contribution in [0, 0.1) is 12.7 Å². The lowest BCUT2D eigenvalue weighted by Gasteiger charge is -2.06. The van der Waals surface area contributed by atoms with E-state index in [9.17, 15) is 4.39 Å². The first-order valence-electron chi connectivity index (χ1n) is 5.83. The largest absolute Gasteiger partial charge is 0.399 e. The fraction of sp³-hybridized carbons (Fsp3) is 0.200. The van der Waals surface area contributed by atoms with E-state index in [4.69, 9.17) is 5.73 Å². The molecule has 18 heavy (non-hydrogen) atoms. The van der Waals surface area contributed by atoms with E-state index in [-0.39, 0.29) is 5.82 Å². The Balaban J connectivity index is 1.95. The Morgan fingerprint density at radius 3 is 2.50 bits per heavy atom. The van der Waals surface area contributed by atoms with E-state index in [0.717, 1.165) is 5.75 Å². The third-order valence-corrected chi connectivity index (χ3v) is 3.88. The highest BCUT2D eigenvalue weighted by Crippen LogP contribution is 2.22. The van der Waals surface area contributed by atoms with Gasteiger partial charge in [0.1, 0.15) is 5.82 Å². The lowest BCUT2D eigenvalue weighted by atomic mass is 10.1. The first-order chi connectivity index (χ1) is 8.66. The molecular weight excluding hydrogens is 245 g/mol. The van der Waals surface area contributed by atoms with Crippen LogP contribution in [-0.4, -0.2) is 0 Å². The number of thioether (sulfide) groups is 1. The van der Waals surface area contributed by atoms with Crippen LogP contribution in [0.25, 0.3) is 0 Å². The van der Waals surface area contributed by atoms with E-state index in [1.807, 2.05) is 12.1 Å². The van der Waals surface area contributed by atoms with Crippen LogP contribution in [0.3, 0.4) is 0 Å². The first-order valence-corrected chi connectivity index (χ1v) is 6.98. The molecule has 0 saturated carbocycles. The molecule has 3 heteroatoms. The molecule has 1 nitrogen and oxygen atoms in total. The zero-order chi connectivity index (χ0) is 13.0. The van der Waals surface area contributed by atoms with Gasteiger partial charge in [-0.1, -0.05) is 30.3 Å². The van der Waals surface area contributed by atoms with Gasteiger partial charge in [0, 0.05) is 17.2 Å². The smallest absolute Gasteiger partial charge is 0.129 e. The molecule has 0 fully saturated rings. The molecule has 0 saturated heterocycles. The number of anilines is 1. The molecule has 0 heterocycles. The minimum absolute atomic E-state index is 0.215. The van der Waals surface area contributed by atoms with E-state index in [1.165, 1.54) is 17.2 Å². The summed E-state index contributed by atoms with van der Waals surface area (Å²) >= 11 is 1.71. The van der Waals surface area contributed by atoms with Gasteiger partial charge in [0.25, 0.3) is 0 Å². The number of halogens is 1. The van der Waals surface area contributed by atoms with Gasteiger partial charge in [0.05, 0.1) is 0 Å². The van der Waals surface area contributed by atoms with Crippen molar-refractivity contribution in [3.63, 3.8) is 0 Å². The summed E-state index contributed by atoms with van der Waals surface area (Å²) in [4.78, 5) is 0. The van der Waals surface area contributed by atoms with Gasteiger partial charge in [0.2, 0.25) is 0 Å². The summed E-state index contributed by atoms with van der Waals surface area (Å²) in [5.41, 5.74) is 9.29. The fourth-order valence-electron chi connectivity index (χ4n) is 1.72. The lowest BCUT2D eigenvalue weighted by molar-refractivity contribution is 0.618. The molecule has 0 aliphatic rings. The third kappa shape index (κ3) is 3.26. The van der Waals surface area contributed by atoms with Gasteiger partial charge >= 0.3 is 0 Å². The van der Waals surface area contributed by atoms with E-state index in [2.05, 4.69) is 19.1 Å². The second-order valence-electron chi connectivity index (χ2n) is 4.27. The number of rotatable bonds is 4. The van der Waals surface area contributed by atoms with Gasteiger partial charge < -0.3 is 5.73 Å². The number of hydrogen-bond donors (Lipinski definition) is 1. The molecule has 2 aromatic rings. The lowest BCUT2D eigenvalue weighted by Crippen LogP contribution is -1.92. The van der Waals surface area contributed by atoms with Crippen molar-refractivity contribution in [3.05, 3.63) is 65.0 Å². The van der Waals surface area contributed by atoms with Crippen LogP contribution in [0.1, 0.15) is 16.7 Å². The van der Waals surface area contributed by atoms with Gasteiger partial charge in [-0.05, 0) is 35.7 Å². The first kappa shape index (κ1) is 13.0. The van der Waals surface area contributed by atoms with E-state index >= 15 is 0 Å². The minimum Gasteiger partial charge on any atom is -0.399 e. The van der Waals surface area contributed by atoms with Crippen LogP contribution in [-0.2, 0) is 11.5 Å². The van der Waals surface area contributed by atoms with Crippen molar-refractivity contribution >= 4 is 17.4 Å². The normalized spacial score (nSPS) is 10.6. The molecule has 0 spiro atoms. The average Bonchev–Trinajstić information content (AvgIpc) is 2.34. The molecule has 0 bridgehead atoms. The van der Waals surface area contributed by atoms with Crippen LogP contribution in [0.4, 0.5) is 10.1 Å². The predicted octanol–water partition coefficient (Wildman–Crippen LogP) is 4.15. The summed E-state index contributed by atoms with van der Waals surface area (Å²) < 4.78 is 13.6. The SMILES string of the molecule is Cc1ccccc1CSCc1ccc(N)cc1F. The average molecular weight is 261 g/mol. The van der Waals surface area contributed by atoms with Crippen LogP contribution >= 0.6 is 11.8 Å². The molecule has 2 rings (SSSR count). The maximum Gasteiger partial charge on any atom is 0.129 e. The number of aryl methyl sites for hydroxylation is 1. The highest BCUT2D eigenvalue weighted by Gasteiger charge is 2.03. The standard InChI is InChI=1S/C15H16FNS/c1-11-4-2-3-5-12(11)9-18-10-13-6-7-14(17)8-15(13)16/h2-8H,9-10,17H2,1H3. The van der Waals surface area contributed by atoms with Crippen molar-refractivity contribution in [1.29, 1.82) is 0 Å². The number of benzene rings is 2. The molecule has 0 amide bonds. The molecule has 0 radical (unpaired) electrons. The van der Waals surface area contributed by atoms with Crippen molar-refractivity contribution in [1.82, 2.24) is 0 Å². The highest BCUT2D eigenvalue weighted by atomic mass is 32.2. The number of hydrogen-bond acceptors (Lipinski definition) is 2. The maximum atomic E-state index is 13.6. The summed E-state index contributed by atoms with van der Waals surface area (Å²) in [7, 11) is 0. The highest BCUT2D eigenvalue weighted by molar-refractivity contribution is 7.97. The third-order valence-electron chi connectivity index (χ3n) is 2.85. The van der Waals surface area contributed by atoms with Crippen LogP contribution in [0.15, 0.2) is 42.5 Å². The topological polar surface area (TPSA) is 26.0 Å². The molecule has 0 aromatic heterocycles. The molecule has 0 atom stereocenters. The zero-order valence-electron chi connectivity index (χ0n) is 10.3. The van der Waals surface area contributed by atoms with E-state index in [1.54, 1.807) is 23.9 Å². The summed E-state index contributed by atoms with van der Waals surface area (Å²) in [6.07, 6.45) is 0. The zero-order valence-corrected chi connectivity index (χ0v) is 11.1. The second kappa shape index (κ2) is 5.91. The molecule has 0 unspecified atom stereocenters. The molecule has 2 aromatic carbocycles. The molecule has 94 valence electrons. The second-order valence-corrected chi connectivity index (χ2v) is 5.26. The van der Waals surface area contributed by atoms with Crippen molar-refractivity contribution in [3.8, 4) is 0 Å². The van der Waals surface area contributed by atoms with Crippen molar-refractivity contribution in [2.75, 3.05) is 5.73 Å². The van der Waals surface area contributed by atoms with E-state index < -0.39 is 0 Å². The number of nitrogen functional groups attached to an aromatic ring is 1. The van der Waals surface area contributed by atoms with Gasteiger partial charge in [-0.25, -0.2) is 4.39 Å². The molecular formula is C15H16FNS. The van der Waals surface area contributed by atoms with Crippen LogP contribution < -0.4 is 5.73 Å². The van der Waals surface area contributed by atoms with E-state index in [0.29, 0.717) is 17.0 Å². The minimum atomic E-state index is -0.215. The molecule has 0 aliphatic heterocycles. The summed E-state index contributed by atoms with van der Waals surface area (Å²) in [6, 6.07) is 13.2. The summed E-state index contributed by atoms with van der Waals surface area (Å²) in [5, 5.41) is 0. The van der Waals surface area contributed by atoms with Gasteiger partial charge in [-0.2, -0.15) is 11.8 Å². The van der Waals surface area contributed by atoms with Crippen LogP contribution in [0.5, 0.6) is 0 Å². The summed E-state index contributed by atoms with van der Waals surface area (Å²) in [5.74, 6) is 1.35. The Morgan fingerprint density at radius 2 is 1.78 bits per heavy atom. The van der Waals surface area contributed by atoms with Crippen molar-refractivity contribution in [2.45, 2.75) is 18.4 Å². The Kier molecular flexibility index (Phi) is 4.26. The molecule has 0 aliphatic carbocycles. The quantitative estimate of drug-likeness (QED) is 0.837. The summed E-state index contributed by atoms with van der Waals surface area (Å²) in [6.45, 7) is 2.10. The van der Waals surface area contributed by atoms with Gasteiger partial charge in [-0.3, -0.25) is 0 Å². The molecule has 2 N–H and O–H groups in total. The van der Waals surface area contributed by atoms with Crippen molar-refractivity contribution in [2.24, 2.45) is 0 Å². The monoisotopic (exact) mass is 261 g/mol. The Labute approximate surface area is 111 Å². The maximum absolute atomic E-state index is 13.6. The van der Waals surface area contributed by atoms with Crippen LogP contribution in [0.2, 0.25) is 0 Å². The Morgan fingerprint density at radius 1 is 1.06 bits per heavy atom.